The average Bonchev–Trinajstić information content (AvgIpc) is 3.22. The predicted molar refractivity (Wildman–Crippen MR) is 78.3 cm³/mol. The lowest BCUT2D eigenvalue weighted by atomic mass is 10.1. The number of nitrogens with zero attached hydrogens (tertiary/aromatic N) is 2. The lowest BCUT2D eigenvalue weighted by Gasteiger charge is -2.16. The van der Waals surface area contributed by atoms with Crippen molar-refractivity contribution in [3.63, 3.8) is 0 Å². The molecule has 0 unspecified atom stereocenters. The number of nitrogens with two attached hydrogens (primary N) is 1. The minimum Gasteiger partial charge on any atom is -0.370 e. The number of hydrogen-bond donors (Lipinski definition) is 1. The summed E-state index contributed by atoms with van der Waals surface area (Å²) in [4.78, 5) is 6.88. The van der Waals surface area contributed by atoms with Crippen molar-refractivity contribution in [2.75, 3.05) is 12.8 Å². The summed E-state index contributed by atoms with van der Waals surface area (Å²) < 4.78 is 23.5. The second-order valence-corrected chi connectivity index (χ2v) is 7.61. The van der Waals surface area contributed by atoms with Crippen molar-refractivity contribution in [1.82, 2.24) is 4.90 Å². The van der Waals surface area contributed by atoms with Crippen LogP contribution in [0.15, 0.2) is 28.1 Å². The fraction of sp³-hybridized carbons (Fsp3) is 0.500. The summed E-state index contributed by atoms with van der Waals surface area (Å²) in [6.07, 6.45) is 2.97. The summed E-state index contributed by atoms with van der Waals surface area (Å²) >= 11 is 0. The van der Waals surface area contributed by atoms with Gasteiger partial charge in [0.15, 0.2) is 15.8 Å². The van der Waals surface area contributed by atoms with Gasteiger partial charge in [-0.15, -0.1) is 0 Å². The van der Waals surface area contributed by atoms with Crippen LogP contribution in [0.1, 0.15) is 24.0 Å². The summed E-state index contributed by atoms with van der Waals surface area (Å²) in [5.74, 6) is 0.780. The Morgan fingerprint density at radius 1 is 1.45 bits per heavy atom. The second kappa shape index (κ2) is 4.77. The van der Waals surface area contributed by atoms with Gasteiger partial charge in [-0.25, -0.2) is 13.4 Å². The highest BCUT2D eigenvalue weighted by Crippen LogP contribution is 2.27. The molecule has 5 nitrogen and oxygen atoms in total. The molecule has 0 aromatic heterocycles. The van der Waals surface area contributed by atoms with Crippen molar-refractivity contribution in [1.29, 1.82) is 0 Å². The highest BCUT2D eigenvalue weighted by atomic mass is 32.2. The molecule has 20 heavy (non-hydrogen) atoms. The van der Waals surface area contributed by atoms with Crippen molar-refractivity contribution in [2.24, 2.45) is 10.7 Å². The van der Waals surface area contributed by atoms with Crippen molar-refractivity contribution < 1.29 is 8.42 Å². The van der Waals surface area contributed by atoms with Crippen molar-refractivity contribution in [3.8, 4) is 0 Å². The molecule has 1 aliphatic heterocycles. The topological polar surface area (TPSA) is 75.8 Å². The van der Waals surface area contributed by atoms with Crippen LogP contribution in [0.2, 0.25) is 0 Å². The maximum atomic E-state index is 11.7. The van der Waals surface area contributed by atoms with Gasteiger partial charge in [0.1, 0.15) is 0 Å². The Morgan fingerprint density at radius 2 is 2.20 bits per heavy atom. The molecule has 1 saturated carbocycles. The molecule has 1 aromatic carbocycles. The minimum absolute atomic E-state index is 0.224. The number of benzene rings is 1. The quantitative estimate of drug-likeness (QED) is 0.664. The van der Waals surface area contributed by atoms with Gasteiger partial charge in [-0.2, -0.15) is 0 Å². The normalized spacial score (nSPS) is 20.8. The Labute approximate surface area is 119 Å². The summed E-state index contributed by atoms with van der Waals surface area (Å²) in [5.41, 5.74) is 7.86. The van der Waals surface area contributed by atoms with Gasteiger partial charge < -0.3 is 10.6 Å². The summed E-state index contributed by atoms with van der Waals surface area (Å²) in [6.45, 7) is 0.496. The molecule has 1 heterocycles. The summed E-state index contributed by atoms with van der Waals surface area (Å²) in [5, 5.41) is 0. The minimum atomic E-state index is -3.04. The summed E-state index contributed by atoms with van der Waals surface area (Å²) in [6, 6.07) is 6.01. The van der Waals surface area contributed by atoms with Gasteiger partial charge in [0.05, 0.1) is 17.2 Å². The molecule has 1 aliphatic carbocycles. The molecular weight excluding hydrogens is 274 g/mol. The molecule has 0 amide bonds. The first kappa shape index (κ1) is 13.4. The maximum Gasteiger partial charge on any atom is 0.191 e. The molecular formula is C14H19N3O2S. The Bertz CT molecular complexity index is 663. The molecule has 0 radical (unpaired) electrons. The third kappa shape index (κ3) is 2.52. The van der Waals surface area contributed by atoms with E-state index >= 15 is 0 Å². The summed E-state index contributed by atoms with van der Waals surface area (Å²) in [7, 11) is -1.07. The lowest BCUT2D eigenvalue weighted by Crippen LogP contribution is -2.35. The fourth-order valence-electron chi connectivity index (χ4n) is 2.52. The second-order valence-electron chi connectivity index (χ2n) is 5.53. The van der Waals surface area contributed by atoms with Crippen molar-refractivity contribution in [3.05, 3.63) is 29.3 Å². The standard InChI is InChI=1S/C14H19N3O2S/c1-17(12-3-4-12)14(15)16-9-10-2-5-13-11(8-10)6-7-20(13,18)19/h2,5,8,12H,3-4,6-7,9H2,1H3,(H2,15,16). The van der Waals surface area contributed by atoms with Crippen LogP contribution in [-0.4, -0.2) is 38.1 Å². The van der Waals surface area contributed by atoms with E-state index in [1.165, 1.54) is 12.8 Å². The van der Waals surface area contributed by atoms with Gasteiger partial charge in [0, 0.05) is 13.1 Å². The molecule has 0 bridgehead atoms. The van der Waals surface area contributed by atoms with E-state index in [0.717, 1.165) is 11.1 Å². The van der Waals surface area contributed by atoms with E-state index in [9.17, 15) is 8.42 Å². The lowest BCUT2D eigenvalue weighted by molar-refractivity contribution is 0.487. The molecule has 2 aliphatic rings. The van der Waals surface area contributed by atoms with E-state index in [4.69, 9.17) is 5.73 Å². The first-order valence-electron chi connectivity index (χ1n) is 6.85. The fourth-order valence-corrected chi connectivity index (χ4v) is 4.06. The van der Waals surface area contributed by atoms with E-state index in [2.05, 4.69) is 4.99 Å². The zero-order chi connectivity index (χ0) is 14.3. The molecule has 0 atom stereocenters. The number of hydrogen-bond acceptors (Lipinski definition) is 3. The molecule has 1 aromatic rings. The Morgan fingerprint density at radius 3 is 2.90 bits per heavy atom. The molecule has 108 valence electrons. The van der Waals surface area contributed by atoms with Crippen LogP contribution in [0.5, 0.6) is 0 Å². The maximum absolute atomic E-state index is 11.7. The Hall–Kier alpha value is -1.56. The largest absolute Gasteiger partial charge is 0.370 e. The number of fused-ring (bicyclic) bond motifs is 1. The van der Waals surface area contributed by atoms with Crippen LogP contribution in [-0.2, 0) is 22.8 Å². The van der Waals surface area contributed by atoms with Gasteiger partial charge >= 0.3 is 0 Å². The van der Waals surface area contributed by atoms with E-state index in [1.54, 1.807) is 6.07 Å². The van der Waals surface area contributed by atoms with E-state index < -0.39 is 9.84 Å². The van der Waals surface area contributed by atoms with E-state index in [-0.39, 0.29) is 5.75 Å². The Balaban J connectivity index is 1.74. The smallest absolute Gasteiger partial charge is 0.191 e. The molecule has 1 fully saturated rings. The van der Waals surface area contributed by atoms with Crippen LogP contribution < -0.4 is 5.73 Å². The number of aliphatic imine (C=N–C) groups is 1. The molecule has 6 heteroatoms. The van der Waals surface area contributed by atoms with Crippen LogP contribution in [0, 0.1) is 0 Å². The van der Waals surface area contributed by atoms with Gasteiger partial charge in [-0.05, 0) is 36.5 Å². The zero-order valence-electron chi connectivity index (χ0n) is 11.5. The van der Waals surface area contributed by atoms with Gasteiger partial charge in [0.2, 0.25) is 0 Å². The van der Waals surface area contributed by atoms with E-state index in [0.29, 0.717) is 29.9 Å². The van der Waals surface area contributed by atoms with Crippen LogP contribution in [0.25, 0.3) is 0 Å². The zero-order valence-corrected chi connectivity index (χ0v) is 12.4. The van der Waals surface area contributed by atoms with Crippen molar-refractivity contribution >= 4 is 15.8 Å². The third-order valence-electron chi connectivity index (χ3n) is 3.98. The van der Waals surface area contributed by atoms with Crippen LogP contribution in [0.3, 0.4) is 0 Å². The number of sulfone groups is 1. The number of guanidine groups is 1. The molecule has 3 rings (SSSR count). The molecule has 0 saturated heterocycles. The third-order valence-corrected chi connectivity index (χ3v) is 5.79. The van der Waals surface area contributed by atoms with Gasteiger partial charge in [-0.1, -0.05) is 12.1 Å². The molecule has 2 N–H and O–H groups in total. The average molecular weight is 293 g/mol. The van der Waals surface area contributed by atoms with Crippen LogP contribution >= 0.6 is 0 Å². The molecule has 0 spiro atoms. The van der Waals surface area contributed by atoms with Crippen molar-refractivity contribution in [2.45, 2.75) is 36.7 Å². The highest BCUT2D eigenvalue weighted by Gasteiger charge is 2.27. The van der Waals surface area contributed by atoms with E-state index in [1.807, 2.05) is 24.1 Å². The van der Waals surface area contributed by atoms with Gasteiger partial charge in [-0.3, -0.25) is 0 Å². The van der Waals surface area contributed by atoms with Gasteiger partial charge in [0.25, 0.3) is 0 Å². The SMILES string of the molecule is CN(C(N)=NCc1ccc2c(c1)CCS2(=O)=O)C1CC1. The predicted octanol–water partition coefficient (Wildman–Crippen LogP) is 0.925. The first-order valence-corrected chi connectivity index (χ1v) is 8.50. The Kier molecular flexibility index (Phi) is 3.20. The highest BCUT2D eigenvalue weighted by molar-refractivity contribution is 7.91. The van der Waals surface area contributed by atoms with Crippen LogP contribution in [0.4, 0.5) is 0 Å². The number of aryl methyl sites for hydroxylation is 1. The number of rotatable bonds is 3. The monoisotopic (exact) mass is 293 g/mol. The first-order chi connectivity index (χ1) is 9.47.